The van der Waals surface area contributed by atoms with Crippen LogP contribution in [0.3, 0.4) is 0 Å². The molecule has 0 spiro atoms. The van der Waals surface area contributed by atoms with Crippen LogP contribution >= 0.6 is 11.6 Å². The second-order valence-corrected chi connectivity index (χ2v) is 4.41. The first kappa shape index (κ1) is 14.4. The average molecular weight is 298 g/mol. The molecule has 0 aliphatic rings. The Bertz CT molecular complexity index is 587. The summed E-state index contributed by atoms with van der Waals surface area (Å²) in [6.07, 6.45) is 0. The molecule has 1 aromatic carbocycles. The number of hydrogen-bond acceptors (Lipinski definition) is 6. The lowest BCUT2D eigenvalue weighted by molar-refractivity contribution is 0.352. The molecule has 0 amide bonds. The lowest BCUT2D eigenvalue weighted by atomic mass is 10.2. The summed E-state index contributed by atoms with van der Waals surface area (Å²) < 4.78 is 12.3. The van der Waals surface area contributed by atoms with Gasteiger partial charge in [0, 0.05) is 29.7 Å². The molecule has 8 heteroatoms. The molecule has 0 aliphatic heterocycles. The van der Waals surface area contributed by atoms with Crippen molar-refractivity contribution >= 4 is 17.5 Å². The van der Waals surface area contributed by atoms with Crippen LogP contribution in [0.25, 0.3) is 0 Å². The summed E-state index contributed by atoms with van der Waals surface area (Å²) in [5.74, 6) is 1.82. The fourth-order valence-electron chi connectivity index (χ4n) is 1.86. The third kappa shape index (κ3) is 2.93. The normalized spacial score (nSPS) is 10.4. The monoisotopic (exact) mass is 297 g/mol. The second-order valence-electron chi connectivity index (χ2n) is 3.97. The molecule has 0 aliphatic carbocycles. The van der Waals surface area contributed by atoms with Gasteiger partial charge in [0.1, 0.15) is 0 Å². The van der Waals surface area contributed by atoms with Gasteiger partial charge in [-0.25, -0.2) is 4.68 Å². The Morgan fingerprint density at radius 3 is 2.75 bits per heavy atom. The van der Waals surface area contributed by atoms with Gasteiger partial charge in [-0.05, 0) is 23.4 Å². The van der Waals surface area contributed by atoms with Crippen molar-refractivity contribution in [3.63, 3.8) is 0 Å². The molecular formula is C12H16ClN5O2. The van der Waals surface area contributed by atoms with Crippen LogP contribution in [0.2, 0.25) is 5.02 Å². The maximum atomic E-state index is 6.07. The minimum absolute atomic E-state index is 0.473. The van der Waals surface area contributed by atoms with Gasteiger partial charge in [-0.15, -0.1) is 0 Å². The Labute approximate surface area is 121 Å². The largest absolute Gasteiger partial charge is 0.493 e. The number of aromatic nitrogens is 4. The van der Waals surface area contributed by atoms with Crippen LogP contribution < -0.4 is 14.8 Å². The molecule has 0 saturated heterocycles. The molecule has 7 nitrogen and oxygen atoms in total. The molecule has 1 aromatic heterocycles. The minimum Gasteiger partial charge on any atom is -0.493 e. The van der Waals surface area contributed by atoms with Crippen molar-refractivity contribution in [3.8, 4) is 11.5 Å². The molecular weight excluding hydrogens is 282 g/mol. The fraction of sp³-hybridized carbons (Fsp3) is 0.417. The average Bonchev–Trinajstić information content (AvgIpc) is 2.91. The van der Waals surface area contributed by atoms with Crippen molar-refractivity contribution in [1.29, 1.82) is 0 Å². The van der Waals surface area contributed by atoms with E-state index in [0.29, 0.717) is 35.6 Å². The van der Waals surface area contributed by atoms with Crippen molar-refractivity contribution in [2.45, 2.75) is 20.0 Å². The summed E-state index contributed by atoms with van der Waals surface area (Å²) >= 11 is 6.07. The summed E-state index contributed by atoms with van der Waals surface area (Å²) in [4.78, 5) is 0. The van der Waals surface area contributed by atoms with E-state index in [2.05, 4.69) is 20.8 Å². The number of nitrogens with one attached hydrogen (secondary N) is 1. The van der Waals surface area contributed by atoms with Crippen molar-refractivity contribution < 1.29 is 9.47 Å². The number of nitrogens with zero attached hydrogens (tertiary/aromatic N) is 4. The molecule has 108 valence electrons. The zero-order valence-corrected chi connectivity index (χ0v) is 12.3. The molecule has 0 bridgehead atoms. The number of halogens is 1. The Morgan fingerprint density at radius 2 is 2.10 bits per heavy atom. The lowest BCUT2D eigenvalue weighted by Gasteiger charge is -2.14. The van der Waals surface area contributed by atoms with Crippen molar-refractivity contribution in [1.82, 2.24) is 20.2 Å². The maximum absolute atomic E-state index is 6.07. The lowest BCUT2D eigenvalue weighted by Crippen LogP contribution is -2.09. The molecule has 0 saturated carbocycles. The van der Waals surface area contributed by atoms with Crippen molar-refractivity contribution in [3.05, 3.63) is 22.7 Å². The molecule has 0 fully saturated rings. The van der Waals surface area contributed by atoms with Crippen LogP contribution in [-0.4, -0.2) is 34.4 Å². The van der Waals surface area contributed by atoms with E-state index in [4.69, 9.17) is 21.1 Å². The number of anilines is 1. The second kappa shape index (κ2) is 6.42. The van der Waals surface area contributed by atoms with E-state index in [1.165, 1.54) is 0 Å². The van der Waals surface area contributed by atoms with E-state index in [0.717, 1.165) is 5.56 Å². The molecule has 1 N–H and O–H groups in total. The molecule has 2 rings (SSSR count). The molecule has 0 atom stereocenters. The highest BCUT2D eigenvalue weighted by atomic mass is 35.5. The predicted octanol–water partition coefficient (Wildman–Crippen LogP) is 1.98. The minimum atomic E-state index is 0.473. The van der Waals surface area contributed by atoms with Gasteiger partial charge in [0.2, 0.25) is 5.95 Å². The first-order valence-electron chi connectivity index (χ1n) is 6.10. The zero-order chi connectivity index (χ0) is 14.5. The molecule has 1 heterocycles. The van der Waals surface area contributed by atoms with Crippen LogP contribution in [-0.2, 0) is 13.1 Å². The molecule has 2 aromatic rings. The Balaban J connectivity index is 2.22. The van der Waals surface area contributed by atoms with Gasteiger partial charge in [-0.3, -0.25) is 0 Å². The number of hydrogen-bond donors (Lipinski definition) is 1. The number of benzene rings is 1. The van der Waals surface area contributed by atoms with Gasteiger partial charge >= 0.3 is 0 Å². The van der Waals surface area contributed by atoms with Crippen LogP contribution in [0.1, 0.15) is 12.5 Å². The van der Waals surface area contributed by atoms with E-state index in [9.17, 15) is 0 Å². The molecule has 0 radical (unpaired) electrons. The highest BCUT2D eigenvalue weighted by Gasteiger charge is 2.13. The molecule has 20 heavy (non-hydrogen) atoms. The number of tetrazole rings is 1. The van der Waals surface area contributed by atoms with Gasteiger partial charge in [0.05, 0.1) is 14.2 Å². The summed E-state index contributed by atoms with van der Waals surface area (Å²) in [6, 6.07) is 3.52. The summed E-state index contributed by atoms with van der Waals surface area (Å²) in [5, 5.41) is 15.1. The van der Waals surface area contributed by atoms with E-state index in [-0.39, 0.29) is 0 Å². The van der Waals surface area contributed by atoms with Gasteiger partial charge in [-0.1, -0.05) is 16.7 Å². The van der Waals surface area contributed by atoms with Crippen LogP contribution in [0, 0.1) is 0 Å². The number of aryl methyl sites for hydroxylation is 1. The third-order valence-corrected chi connectivity index (χ3v) is 3.01. The van der Waals surface area contributed by atoms with Gasteiger partial charge in [0.25, 0.3) is 0 Å². The highest BCUT2D eigenvalue weighted by Crippen LogP contribution is 2.34. The highest BCUT2D eigenvalue weighted by molar-refractivity contribution is 6.30. The summed E-state index contributed by atoms with van der Waals surface area (Å²) in [5.41, 5.74) is 0.863. The maximum Gasteiger partial charge on any atom is 0.243 e. The third-order valence-electron chi connectivity index (χ3n) is 2.79. The molecule has 0 unspecified atom stereocenters. The predicted molar refractivity (Wildman–Crippen MR) is 75.4 cm³/mol. The quantitative estimate of drug-likeness (QED) is 0.879. The fourth-order valence-corrected chi connectivity index (χ4v) is 2.09. The number of rotatable bonds is 6. The Morgan fingerprint density at radius 1 is 1.30 bits per heavy atom. The van der Waals surface area contributed by atoms with Gasteiger partial charge in [-0.2, -0.15) is 0 Å². The van der Waals surface area contributed by atoms with Crippen LogP contribution in [0.4, 0.5) is 5.95 Å². The van der Waals surface area contributed by atoms with E-state index in [1.807, 2.05) is 13.0 Å². The number of methoxy groups -OCH3 is 2. The van der Waals surface area contributed by atoms with E-state index < -0.39 is 0 Å². The van der Waals surface area contributed by atoms with E-state index >= 15 is 0 Å². The standard InChI is InChI=1S/C12H16ClN5O2/c1-4-18-12(15-16-17-18)14-7-8-5-9(13)6-10(19-2)11(8)20-3/h5-6H,4,7H2,1-3H3,(H,14,15,17). The van der Waals surface area contributed by atoms with Crippen LogP contribution in [0.15, 0.2) is 12.1 Å². The zero-order valence-electron chi connectivity index (χ0n) is 11.6. The summed E-state index contributed by atoms with van der Waals surface area (Å²) in [7, 11) is 3.16. The topological polar surface area (TPSA) is 74.1 Å². The Hall–Kier alpha value is -2.02. The first-order chi connectivity index (χ1) is 9.69. The van der Waals surface area contributed by atoms with Gasteiger partial charge in [0.15, 0.2) is 11.5 Å². The SMILES string of the molecule is CCn1nnnc1NCc1cc(Cl)cc(OC)c1OC. The van der Waals surface area contributed by atoms with Crippen molar-refractivity contribution in [2.24, 2.45) is 0 Å². The van der Waals surface area contributed by atoms with Gasteiger partial charge < -0.3 is 14.8 Å². The first-order valence-corrected chi connectivity index (χ1v) is 6.47. The Kier molecular flexibility index (Phi) is 4.62. The van der Waals surface area contributed by atoms with Crippen LogP contribution in [0.5, 0.6) is 11.5 Å². The number of ether oxygens (including phenoxy) is 2. The summed E-state index contributed by atoms with van der Waals surface area (Å²) in [6.45, 7) is 3.12. The smallest absolute Gasteiger partial charge is 0.243 e. The van der Waals surface area contributed by atoms with E-state index in [1.54, 1.807) is 25.0 Å². The van der Waals surface area contributed by atoms with Crippen molar-refractivity contribution in [2.75, 3.05) is 19.5 Å².